The van der Waals surface area contributed by atoms with Gasteiger partial charge in [-0.05, 0) is 30.2 Å². The van der Waals surface area contributed by atoms with E-state index in [1.54, 1.807) is 35.1 Å². The average Bonchev–Trinajstić information content (AvgIpc) is 2.84. The molecule has 2 aromatic rings. The van der Waals surface area contributed by atoms with Gasteiger partial charge in [0.25, 0.3) is 5.91 Å². The lowest BCUT2D eigenvalue weighted by atomic mass is 10.1. The summed E-state index contributed by atoms with van der Waals surface area (Å²) >= 11 is 0. The van der Waals surface area contributed by atoms with Crippen molar-refractivity contribution in [1.29, 1.82) is 5.26 Å². The predicted octanol–water partition coefficient (Wildman–Crippen LogP) is 1.26. The van der Waals surface area contributed by atoms with Crippen molar-refractivity contribution in [3.8, 4) is 6.07 Å². The number of hydrogen-bond donors (Lipinski definition) is 1. The second kappa shape index (κ2) is 5.83. The monoisotopic (exact) mass is 254 g/mol. The largest absolute Gasteiger partial charge is 0.352 e. The number of hydrogen-bond acceptors (Lipinski definition) is 3. The molecule has 19 heavy (non-hydrogen) atoms. The smallest absolute Gasteiger partial charge is 0.251 e. The van der Waals surface area contributed by atoms with Crippen LogP contribution >= 0.6 is 0 Å². The average molecular weight is 254 g/mol. The van der Waals surface area contributed by atoms with Gasteiger partial charge >= 0.3 is 0 Å². The topological polar surface area (TPSA) is 70.7 Å². The third-order valence-electron chi connectivity index (χ3n) is 2.71. The molecule has 0 spiro atoms. The first-order valence-electron chi connectivity index (χ1n) is 5.95. The molecule has 0 unspecified atom stereocenters. The number of aromatic nitrogens is 2. The van der Waals surface area contributed by atoms with Crippen molar-refractivity contribution in [3.63, 3.8) is 0 Å². The minimum Gasteiger partial charge on any atom is -0.352 e. The molecule has 0 saturated carbocycles. The minimum atomic E-state index is -0.166. The highest BCUT2D eigenvalue weighted by molar-refractivity contribution is 5.94. The van der Waals surface area contributed by atoms with Crippen molar-refractivity contribution in [2.75, 3.05) is 6.54 Å². The first kappa shape index (κ1) is 12.8. The van der Waals surface area contributed by atoms with E-state index in [0.717, 1.165) is 12.0 Å². The fourth-order valence-electron chi connectivity index (χ4n) is 1.75. The molecule has 1 heterocycles. The third kappa shape index (κ3) is 3.42. The molecule has 0 saturated heterocycles. The Morgan fingerprint density at radius 2 is 2.37 bits per heavy atom. The summed E-state index contributed by atoms with van der Waals surface area (Å²) in [4.78, 5) is 11.9. The number of nitriles is 1. The van der Waals surface area contributed by atoms with Gasteiger partial charge in [-0.3, -0.25) is 9.48 Å². The van der Waals surface area contributed by atoms with Crippen LogP contribution in [0.2, 0.25) is 0 Å². The highest BCUT2D eigenvalue weighted by Gasteiger charge is 2.05. The first-order valence-corrected chi connectivity index (χ1v) is 5.95. The van der Waals surface area contributed by atoms with E-state index in [4.69, 9.17) is 5.26 Å². The standard InChI is InChI=1S/C14H14N4O/c1-18-10-12(9-17-18)5-6-16-14(19)13-4-2-3-11(7-13)8-15/h2-4,7,9-10H,5-6H2,1H3,(H,16,19). The lowest BCUT2D eigenvalue weighted by Crippen LogP contribution is -2.25. The zero-order valence-corrected chi connectivity index (χ0v) is 10.6. The molecule has 5 heteroatoms. The molecule has 0 aliphatic carbocycles. The fraction of sp³-hybridized carbons (Fsp3) is 0.214. The molecule has 0 radical (unpaired) electrons. The zero-order valence-electron chi connectivity index (χ0n) is 10.6. The van der Waals surface area contributed by atoms with Crippen LogP contribution < -0.4 is 5.32 Å². The molecule has 5 nitrogen and oxygen atoms in total. The van der Waals surface area contributed by atoms with E-state index in [2.05, 4.69) is 10.4 Å². The Labute approximate surface area is 111 Å². The summed E-state index contributed by atoms with van der Waals surface area (Å²) in [7, 11) is 1.86. The van der Waals surface area contributed by atoms with E-state index < -0.39 is 0 Å². The van der Waals surface area contributed by atoms with E-state index >= 15 is 0 Å². The van der Waals surface area contributed by atoms with Gasteiger partial charge in [-0.25, -0.2) is 0 Å². The summed E-state index contributed by atoms with van der Waals surface area (Å²) in [6, 6.07) is 8.67. The van der Waals surface area contributed by atoms with Crippen molar-refractivity contribution in [3.05, 3.63) is 53.3 Å². The minimum absolute atomic E-state index is 0.166. The molecule has 0 bridgehead atoms. The first-order chi connectivity index (χ1) is 9.19. The van der Waals surface area contributed by atoms with Crippen molar-refractivity contribution < 1.29 is 4.79 Å². The van der Waals surface area contributed by atoms with Gasteiger partial charge in [-0.1, -0.05) is 6.07 Å². The SMILES string of the molecule is Cn1cc(CCNC(=O)c2cccc(C#N)c2)cn1. The van der Waals surface area contributed by atoms with Crippen molar-refractivity contribution in [2.45, 2.75) is 6.42 Å². The molecule has 2 rings (SSSR count). The van der Waals surface area contributed by atoms with Gasteiger partial charge in [0.1, 0.15) is 0 Å². The van der Waals surface area contributed by atoms with Crippen LogP contribution in [0, 0.1) is 11.3 Å². The van der Waals surface area contributed by atoms with Crippen LogP contribution in [0.15, 0.2) is 36.7 Å². The van der Waals surface area contributed by atoms with Gasteiger partial charge in [0.2, 0.25) is 0 Å². The number of aryl methyl sites for hydroxylation is 1. The molecule has 1 amide bonds. The van der Waals surface area contributed by atoms with E-state index in [-0.39, 0.29) is 5.91 Å². The Morgan fingerprint density at radius 3 is 3.05 bits per heavy atom. The van der Waals surface area contributed by atoms with Crippen molar-refractivity contribution in [1.82, 2.24) is 15.1 Å². The zero-order chi connectivity index (χ0) is 13.7. The van der Waals surface area contributed by atoms with Gasteiger partial charge in [0, 0.05) is 25.4 Å². The van der Waals surface area contributed by atoms with E-state index in [0.29, 0.717) is 17.7 Å². The Kier molecular flexibility index (Phi) is 3.94. The van der Waals surface area contributed by atoms with Crippen molar-refractivity contribution in [2.24, 2.45) is 7.05 Å². The number of carbonyl (C=O) groups is 1. The number of nitrogens with one attached hydrogen (secondary N) is 1. The maximum Gasteiger partial charge on any atom is 0.251 e. The van der Waals surface area contributed by atoms with Crippen LogP contribution in [0.25, 0.3) is 0 Å². The van der Waals surface area contributed by atoms with Gasteiger partial charge < -0.3 is 5.32 Å². The van der Waals surface area contributed by atoms with E-state index in [1.165, 1.54) is 0 Å². The van der Waals surface area contributed by atoms with Crippen LogP contribution in [0.1, 0.15) is 21.5 Å². The van der Waals surface area contributed by atoms with Crippen LogP contribution in [0.5, 0.6) is 0 Å². The quantitative estimate of drug-likeness (QED) is 0.893. The number of nitrogens with zero attached hydrogens (tertiary/aromatic N) is 3. The van der Waals surface area contributed by atoms with Crippen LogP contribution in [-0.4, -0.2) is 22.2 Å². The van der Waals surface area contributed by atoms with Gasteiger partial charge in [0.05, 0.1) is 17.8 Å². The molecular formula is C14H14N4O. The summed E-state index contributed by atoms with van der Waals surface area (Å²) in [5.41, 5.74) is 2.07. The molecular weight excluding hydrogens is 240 g/mol. The Morgan fingerprint density at radius 1 is 1.53 bits per heavy atom. The molecule has 96 valence electrons. The third-order valence-corrected chi connectivity index (χ3v) is 2.71. The highest BCUT2D eigenvalue weighted by atomic mass is 16.1. The van der Waals surface area contributed by atoms with Crippen LogP contribution in [0.3, 0.4) is 0 Å². The molecule has 0 atom stereocenters. The summed E-state index contributed by atoms with van der Waals surface area (Å²) in [5.74, 6) is -0.166. The molecule has 0 aliphatic rings. The molecule has 1 aromatic heterocycles. The number of amides is 1. The van der Waals surface area contributed by atoms with Gasteiger partial charge in [-0.15, -0.1) is 0 Å². The van der Waals surface area contributed by atoms with Crippen molar-refractivity contribution >= 4 is 5.91 Å². The summed E-state index contributed by atoms with van der Waals surface area (Å²) in [5, 5.41) is 15.7. The molecule has 0 fully saturated rings. The second-order valence-electron chi connectivity index (χ2n) is 4.22. The molecule has 1 aromatic carbocycles. The second-order valence-corrected chi connectivity index (χ2v) is 4.22. The summed E-state index contributed by atoms with van der Waals surface area (Å²) in [6.07, 6.45) is 4.43. The van der Waals surface area contributed by atoms with Crippen LogP contribution in [0.4, 0.5) is 0 Å². The van der Waals surface area contributed by atoms with E-state index in [1.807, 2.05) is 19.3 Å². The lowest BCUT2D eigenvalue weighted by Gasteiger charge is -2.04. The maximum absolute atomic E-state index is 11.9. The Hall–Kier alpha value is -2.61. The summed E-state index contributed by atoms with van der Waals surface area (Å²) in [6.45, 7) is 0.543. The Bertz CT molecular complexity index is 624. The van der Waals surface area contributed by atoms with E-state index in [9.17, 15) is 4.79 Å². The highest BCUT2D eigenvalue weighted by Crippen LogP contribution is 2.04. The maximum atomic E-state index is 11.9. The predicted molar refractivity (Wildman–Crippen MR) is 70.4 cm³/mol. The summed E-state index contributed by atoms with van der Waals surface area (Å²) < 4.78 is 1.73. The lowest BCUT2D eigenvalue weighted by molar-refractivity contribution is 0.0954. The number of benzene rings is 1. The molecule has 1 N–H and O–H groups in total. The Balaban J connectivity index is 1.89. The van der Waals surface area contributed by atoms with Gasteiger partial charge in [-0.2, -0.15) is 10.4 Å². The fourth-order valence-corrected chi connectivity index (χ4v) is 1.75. The van der Waals surface area contributed by atoms with Gasteiger partial charge in [0.15, 0.2) is 0 Å². The van der Waals surface area contributed by atoms with Crippen LogP contribution in [-0.2, 0) is 13.5 Å². The number of rotatable bonds is 4. The molecule has 0 aliphatic heterocycles. The number of carbonyl (C=O) groups excluding carboxylic acids is 1. The normalized spacial score (nSPS) is 9.89.